The molecule has 0 aliphatic carbocycles. The van der Waals surface area contributed by atoms with Gasteiger partial charge in [-0.15, -0.1) is 0 Å². The number of ketones is 1. The van der Waals surface area contributed by atoms with Gasteiger partial charge in [0.25, 0.3) is 5.56 Å². The number of nitrogens with zero attached hydrogens (tertiary/aromatic N) is 3. The minimum atomic E-state index is -1.16. The lowest BCUT2D eigenvalue weighted by atomic mass is 9.84. The van der Waals surface area contributed by atoms with Crippen LogP contribution in [0.25, 0.3) is 11.1 Å². The second-order valence-electron chi connectivity index (χ2n) is 12.2. The Bertz CT molecular complexity index is 1600. The van der Waals surface area contributed by atoms with Crippen molar-refractivity contribution in [2.75, 3.05) is 20.6 Å². The summed E-state index contributed by atoms with van der Waals surface area (Å²) >= 11 is 0. The maximum absolute atomic E-state index is 15.7. The zero-order valence-corrected chi connectivity index (χ0v) is 26.2. The third-order valence-corrected chi connectivity index (χ3v) is 7.90. The Hall–Kier alpha value is -4.09. The van der Waals surface area contributed by atoms with Crippen LogP contribution < -0.4 is 5.56 Å². The molecule has 43 heavy (non-hydrogen) atoms. The molecule has 0 spiro atoms. The maximum Gasteiger partial charge on any atom is 0.303 e. The van der Waals surface area contributed by atoms with Crippen molar-refractivity contribution in [1.29, 1.82) is 5.26 Å². The number of Topliss-reactive ketones (excluding diaryl/α,β-unsaturated/α-hetero) is 1. The highest BCUT2D eigenvalue weighted by Crippen LogP contribution is 2.36. The summed E-state index contributed by atoms with van der Waals surface area (Å²) < 4.78 is 17.2. The SMILES string of the molecule is Cc1cc(=O)n(C(CC(C)C)C(=O)C[C@@H](CC(=O)O)c2cc(-c3c(C)cccc3C#N)cc(C)c2F)cc1CCN(C)C. The van der Waals surface area contributed by atoms with Gasteiger partial charge in [-0.2, -0.15) is 5.26 Å². The summed E-state index contributed by atoms with van der Waals surface area (Å²) in [5, 5.41) is 19.5. The van der Waals surface area contributed by atoms with E-state index in [-0.39, 0.29) is 29.2 Å². The van der Waals surface area contributed by atoms with E-state index in [1.165, 1.54) is 4.57 Å². The van der Waals surface area contributed by atoms with Crippen molar-refractivity contribution in [2.24, 2.45) is 5.92 Å². The Morgan fingerprint density at radius 2 is 1.74 bits per heavy atom. The standard InChI is InChI=1S/C35H42FN3O4/c1-21(2)13-30(39-20-26(11-12-38(6)7)23(4)15-32(39)41)31(40)17-27(18-33(42)43)29-16-28(14-24(5)35(29)36)34-22(3)9-8-10-25(34)19-37/h8-10,14-16,20-21,27,30H,11-13,17-18H2,1-7H3,(H,42,43)/t27-,30?/m0/s1. The Morgan fingerprint density at radius 3 is 2.35 bits per heavy atom. The zero-order valence-electron chi connectivity index (χ0n) is 26.2. The number of aryl methyl sites for hydroxylation is 3. The van der Waals surface area contributed by atoms with Crippen LogP contribution in [0.1, 0.15) is 78.5 Å². The molecular formula is C35H42FN3O4. The lowest BCUT2D eigenvalue weighted by Gasteiger charge is -2.25. The van der Waals surface area contributed by atoms with Gasteiger partial charge in [0.2, 0.25) is 0 Å². The molecule has 7 nitrogen and oxygen atoms in total. The fourth-order valence-electron chi connectivity index (χ4n) is 5.65. The second kappa shape index (κ2) is 14.4. The number of aliphatic carboxylic acids is 1. The average molecular weight is 588 g/mol. The molecule has 1 N–H and O–H groups in total. The molecule has 0 amide bonds. The summed E-state index contributed by atoms with van der Waals surface area (Å²) in [6, 6.07) is 11.4. The number of halogens is 1. The quantitative estimate of drug-likeness (QED) is 0.250. The Morgan fingerprint density at radius 1 is 1.05 bits per heavy atom. The fraction of sp³-hybridized carbons (Fsp3) is 0.429. The zero-order chi connectivity index (χ0) is 32.0. The minimum Gasteiger partial charge on any atom is -0.481 e. The van der Waals surface area contributed by atoms with E-state index in [4.69, 9.17) is 0 Å². The monoisotopic (exact) mass is 587 g/mol. The van der Waals surface area contributed by atoms with E-state index in [9.17, 15) is 24.8 Å². The van der Waals surface area contributed by atoms with E-state index < -0.39 is 30.2 Å². The number of carbonyl (C=O) groups excluding carboxylic acids is 1. The molecule has 0 aliphatic heterocycles. The molecule has 1 unspecified atom stereocenters. The summed E-state index contributed by atoms with van der Waals surface area (Å²) in [4.78, 5) is 41.3. The summed E-state index contributed by atoms with van der Waals surface area (Å²) in [7, 11) is 3.93. The van der Waals surface area contributed by atoms with Crippen LogP contribution in [0.5, 0.6) is 0 Å². The van der Waals surface area contributed by atoms with Gasteiger partial charge in [-0.3, -0.25) is 14.4 Å². The fourth-order valence-corrected chi connectivity index (χ4v) is 5.65. The second-order valence-corrected chi connectivity index (χ2v) is 12.2. The lowest BCUT2D eigenvalue weighted by Crippen LogP contribution is -2.32. The normalized spacial score (nSPS) is 12.8. The highest BCUT2D eigenvalue weighted by atomic mass is 19.1. The van der Waals surface area contributed by atoms with Gasteiger partial charge in [0, 0.05) is 36.7 Å². The van der Waals surface area contributed by atoms with Crippen molar-refractivity contribution in [3.05, 3.63) is 92.1 Å². The molecule has 1 aromatic heterocycles. The van der Waals surface area contributed by atoms with Crippen LogP contribution in [-0.4, -0.2) is 47.0 Å². The molecular weight excluding hydrogens is 545 g/mol. The van der Waals surface area contributed by atoms with E-state index in [0.717, 1.165) is 23.2 Å². The van der Waals surface area contributed by atoms with Crippen LogP contribution in [0, 0.1) is 43.8 Å². The average Bonchev–Trinajstić information content (AvgIpc) is 2.92. The molecule has 2 aromatic carbocycles. The molecule has 3 rings (SSSR count). The molecule has 3 aromatic rings. The van der Waals surface area contributed by atoms with E-state index in [1.54, 1.807) is 43.5 Å². The number of pyridine rings is 1. The van der Waals surface area contributed by atoms with Crippen molar-refractivity contribution in [2.45, 2.75) is 72.3 Å². The summed E-state index contributed by atoms with van der Waals surface area (Å²) in [5.41, 5.74) is 4.39. The number of hydrogen-bond acceptors (Lipinski definition) is 5. The third-order valence-electron chi connectivity index (χ3n) is 7.90. The third kappa shape index (κ3) is 8.26. The summed E-state index contributed by atoms with van der Waals surface area (Å²) in [6.45, 7) is 10.0. The Labute approximate surface area is 253 Å². The molecule has 0 bridgehead atoms. The van der Waals surface area contributed by atoms with Gasteiger partial charge >= 0.3 is 5.97 Å². The van der Waals surface area contributed by atoms with E-state index >= 15 is 4.39 Å². The van der Waals surface area contributed by atoms with Crippen molar-refractivity contribution in [1.82, 2.24) is 9.47 Å². The van der Waals surface area contributed by atoms with Crippen molar-refractivity contribution < 1.29 is 19.1 Å². The number of rotatable bonds is 13. The van der Waals surface area contributed by atoms with Crippen LogP contribution in [0.2, 0.25) is 0 Å². The molecule has 2 atom stereocenters. The van der Waals surface area contributed by atoms with Gasteiger partial charge in [0.1, 0.15) is 5.82 Å². The molecule has 1 heterocycles. The molecule has 0 aliphatic rings. The van der Waals surface area contributed by atoms with Crippen LogP contribution in [0.4, 0.5) is 4.39 Å². The molecule has 0 saturated carbocycles. The molecule has 0 radical (unpaired) electrons. The van der Waals surface area contributed by atoms with Gasteiger partial charge < -0.3 is 14.6 Å². The van der Waals surface area contributed by atoms with E-state index in [2.05, 4.69) is 6.07 Å². The Balaban J connectivity index is 2.11. The molecule has 8 heteroatoms. The van der Waals surface area contributed by atoms with Gasteiger partial charge in [-0.25, -0.2) is 4.39 Å². The highest BCUT2D eigenvalue weighted by Gasteiger charge is 2.30. The number of carbonyl (C=O) groups is 2. The first-order valence-corrected chi connectivity index (χ1v) is 14.6. The number of nitriles is 1. The predicted molar refractivity (Wildman–Crippen MR) is 167 cm³/mol. The number of likely N-dealkylation sites (N-methyl/N-ethyl adjacent to an activating group) is 1. The smallest absolute Gasteiger partial charge is 0.303 e. The summed E-state index contributed by atoms with van der Waals surface area (Å²) in [5.74, 6) is -2.96. The Kier molecular flexibility index (Phi) is 11.2. The number of carboxylic acids is 1. The first-order chi connectivity index (χ1) is 20.2. The molecule has 0 fully saturated rings. The first kappa shape index (κ1) is 33.4. The van der Waals surface area contributed by atoms with E-state index in [0.29, 0.717) is 35.1 Å². The molecule has 0 saturated heterocycles. The number of hydrogen-bond donors (Lipinski definition) is 1. The van der Waals surface area contributed by atoms with E-state index in [1.807, 2.05) is 52.8 Å². The maximum atomic E-state index is 15.7. The van der Waals surface area contributed by atoms with Crippen LogP contribution >= 0.6 is 0 Å². The summed E-state index contributed by atoms with van der Waals surface area (Å²) in [6.07, 6.45) is 2.12. The van der Waals surface area contributed by atoms with Gasteiger partial charge in [-0.05, 0) is 105 Å². The van der Waals surface area contributed by atoms with Gasteiger partial charge in [0.05, 0.1) is 24.1 Å². The van der Waals surface area contributed by atoms with Crippen molar-refractivity contribution in [3.63, 3.8) is 0 Å². The molecule has 228 valence electrons. The number of aromatic nitrogens is 1. The largest absolute Gasteiger partial charge is 0.481 e. The van der Waals surface area contributed by atoms with Crippen LogP contribution in [0.15, 0.2) is 47.4 Å². The van der Waals surface area contributed by atoms with Gasteiger partial charge in [0.15, 0.2) is 5.78 Å². The number of carboxylic acid groups (broad SMARTS) is 1. The first-order valence-electron chi connectivity index (χ1n) is 14.6. The van der Waals surface area contributed by atoms with Crippen LogP contribution in [0.3, 0.4) is 0 Å². The number of benzene rings is 2. The van der Waals surface area contributed by atoms with Crippen molar-refractivity contribution in [3.8, 4) is 17.2 Å². The van der Waals surface area contributed by atoms with Crippen molar-refractivity contribution >= 4 is 11.8 Å². The predicted octanol–water partition coefficient (Wildman–Crippen LogP) is 6.36. The lowest BCUT2D eigenvalue weighted by molar-refractivity contribution is -0.137. The van der Waals surface area contributed by atoms with Crippen LogP contribution in [-0.2, 0) is 16.0 Å². The highest BCUT2D eigenvalue weighted by molar-refractivity contribution is 5.84. The minimum absolute atomic E-state index is 0.0677. The van der Waals surface area contributed by atoms with Gasteiger partial charge in [-0.1, -0.05) is 26.0 Å². The topological polar surface area (TPSA) is 103 Å².